The van der Waals surface area contributed by atoms with Crippen molar-refractivity contribution in [3.63, 3.8) is 0 Å². The molecule has 0 N–H and O–H groups in total. The second-order valence-corrected chi connectivity index (χ2v) is 10.1. The van der Waals surface area contributed by atoms with E-state index in [2.05, 4.69) is 28.1 Å². The van der Waals surface area contributed by atoms with Crippen LogP contribution in [-0.2, 0) is 14.3 Å². The van der Waals surface area contributed by atoms with Crippen molar-refractivity contribution in [2.75, 3.05) is 11.5 Å². The molecule has 1 heterocycles. The number of ketones is 1. The highest BCUT2D eigenvalue weighted by molar-refractivity contribution is 9.10. The first-order valence-electron chi connectivity index (χ1n) is 11.1. The summed E-state index contributed by atoms with van der Waals surface area (Å²) in [5.41, 5.74) is 0.762. The first-order valence-corrected chi connectivity index (χ1v) is 11.9. The Hall–Kier alpha value is -3.06. The molecule has 2 aromatic rings. The number of imide groups is 1. The zero-order valence-corrected chi connectivity index (χ0v) is 19.1. The van der Waals surface area contributed by atoms with E-state index in [9.17, 15) is 19.2 Å². The van der Waals surface area contributed by atoms with Gasteiger partial charge in [0.2, 0.25) is 11.8 Å². The lowest BCUT2D eigenvalue weighted by Crippen LogP contribution is -2.40. The number of nitrogens with zero attached hydrogens (tertiary/aromatic N) is 1. The summed E-state index contributed by atoms with van der Waals surface area (Å²) in [6.07, 6.45) is 5.32. The Morgan fingerprint density at radius 3 is 2.15 bits per heavy atom. The van der Waals surface area contributed by atoms with Crippen LogP contribution in [-0.4, -0.2) is 30.2 Å². The van der Waals surface area contributed by atoms with Gasteiger partial charge in [0.25, 0.3) is 0 Å². The van der Waals surface area contributed by atoms with Gasteiger partial charge < -0.3 is 4.74 Å². The molecule has 33 heavy (non-hydrogen) atoms. The van der Waals surface area contributed by atoms with E-state index in [4.69, 9.17) is 4.74 Å². The van der Waals surface area contributed by atoms with Crippen LogP contribution in [0.3, 0.4) is 0 Å². The van der Waals surface area contributed by atoms with Crippen LogP contribution in [0.25, 0.3) is 0 Å². The van der Waals surface area contributed by atoms with Crippen LogP contribution < -0.4 is 4.90 Å². The third kappa shape index (κ3) is 3.13. The van der Waals surface area contributed by atoms with Crippen molar-refractivity contribution in [2.45, 2.75) is 6.42 Å². The molecule has 2 bridgehead atoms. The summed E-state index contributed by atoms with van der Waals surface area (Å²) in [7, 11) is 0. The molecule has 2 saturated carbocycles. The molecule has 1 saturated heterocycles. The van der Waals surface area contributed by atoms with E-state index >= 15 is 0 Å². The Balaban J connectivity index is 1.24. The van der Waals surface area contributed by atoms with Crippen LogP contribution in [0.1, 0.15) is 27.1 Å². The Morgan fingerprint density at radius 1 is 0.909 bits per heavy atom. The van der Waals surface area contributed by atoms with Crippen molar-refractivity contribution >= 4 is 45.2 Å². The Labute approximate surface area is 198 Å². The number of ether oxygens (including phenoxy) is 1. The van der Waals surface area contributed by atoms with Gasteiger partial charge in [-0.1, -0.05) is 52.3 Å². The lowest BCUT2D eigenvalue weighted by atomic mass is 9.63. The number of anilines is 1. The molecule has 0 unspecified atom stereocenters. The molecule has 5 aliphatic rings. The average Bonchev–Trinajstić information content (AvgIpc) is 3.61. The molecule has 7 rings (SSSR count). The predicted molar refractivity (Wildman–Crippen MR) is 122 cm³/mol. The topological polar surface area (TPSA) is 80.8 Å². The highest BCUT2D eigenvalue weighted by Crippen LogP contribution is 2.65. The summed E-state index contributed by atoms with van der Waals surface area (Å²) < 4.78 is 6.12. The number of hydrogen-bond donors (Lipinski definition) is 0. The van der Waals surface area contributed by atoms with Crippen LogP contribution >= 0.6 is 15.9 Å². The molecule has 3 fully saturated rings. The molecular weight excluding hydrogens is 486 g/mol. The Morgan fingerprint density at radius 2 is 1.52 bits per heavy atom. The van der Waals surface area contributed by atoms with Gasteiger partial charge in [0, 0.05) is 10.0 Å². The lowest BCUT2D eigenvalue weighted by molar-refractivity contribution is -0.124. The molecule has 0 radical (unpaired) electrons. The summed E-state index contributed by atoms with van der Waals surface area (Å²) in [6, 6.07) is 13.2. The zero-order chi connectivity index (χ0) is 22.9. The number of allylic oxidation sites excluding steroid dienone is 2. The molecule has 4 aliphatic carbocycles. The first kappa shape index (κ1) is 20.5. The molecular formula is C26H20BrNO5. The molecule has 0 aromatic heterocycles. The fraction of sp³-hybridized carbons (Fsp3) is 0.308. The first-order chi connectivity index (χ1) is 16.0. The molecule has 2 amide bonds. The van der Waals surface area contributed by atoms with E-state index in [1.807, 2.05) is 0 Å². The van der Waals surface area contributed by atoms with Gasteiger partial charge >= 0.3 is 5.97 Å². The number of halogens is 1. The van der Waals surface area contributed by atoms with E-state index < -0.39 is 12.6 Å². The molecule has 6 atom stereocenters. The number of Topliss-reactive ketones (excluding diaryl/α,β-unsaturated/α-hetero) is 1. The van der Waals surface area contributed by atoms with Crippen LogP contribution in [0.2, 0.25) is 0 Å². The minimum absolute atomic E-state index is 0.104. The van der Waals surface area contributed by atoms with E-state index in [0.717, 1.165) is 10.9 Å². The standard InChI is InChI=1S/C26H20BrNO5/c27-14-7-5-13(6-8-14)21(29)12-33-26(32)17-3-1-2-4-20(17)28-24(30)22-15-9-10-16(19-11-18(15)19)23(22)25(28)31/h1-10,15-16,18-19,22-23H,11-12H2/t15-,16-,18-,19-,22-,23+/m1/s1. The summed E-state index contributed by atoms with van der Waals surface area (Å²) in [5, 5.41) is 0. The number of para-hydroxylation sites is 1. The lowest BCUT2D eigenvalue weighted by Gasteiger charge is -2.37. The van der Waals surface area contributed by atoms with Crippen molar-refractivity contribution in [3.05, 3.63) is 76.3 Å². The number of benzene rings is 2. The maximum Gasteiger partial charge on any atom is 0.340 e. The summed E-state index contributed by atoms with van der Waals surface area (Å²) in [5.74, 6) is -1.03. The fourth-order valence-electron chi connectivity index (χ4n) is 5.96. The summed E-state index contributed by atoms with van der Waals surface area (Å²) >= 11 is 3.32. The van der Waals surface area contributed by atoms with E-state index in [0.29, 0.717) is 17.4 Å². The predicted octanol–water partition coefficient (Wildman–Crippen LogP) is 4.05. The van der Waals surface area contributed by atoms with Crippen LogP contribution in [0.15, 0.2) is 65.2 Å². The van der Waals surface area contributed by atoms with Crippen LogP contribution in [0.5, 0.6) is 0 Å². The van der Waals surface area contributed by atoms with Crippen molar-refractivity contribution in [1.82, 2.24) is 0 Å². The number of amides is 2. The SMILES string of the molecule is O=C(COC(=O)c1ccccc1N1C(=O)[C@@H]2[C@@H]3C=C[C@H]([C@H]4C[C@H]34)[C@@H]2C1=O)c1ccc(Br)cc1. The van der Waals surface area contributed by atoms with E-state index in [1.165, 1.54) is 11.0 Å². The van der Waals surface area contributed by atoms with Gasteiger partial charge in [-0.3, -0.25) is 14.4 Å². The van der Waals surface area contributed by atoms with Crippen molar-refractivity contribution in [2.24, 2.45) is 35.5 Å². The maximum absolute atomic E-state index is 13.4. The average molecular weight is 506 g/mol. The normalized spacial score (nSPS) is 30.8. The minimum atomic E-state index is -0.740. The largest absolute Gasteiger partial charge is 0.454 e. The van der Waals surface area contributed by atoms with E-state index in [-0.39, 0.29) is 52.5 Å². The Bertz CT molecular complexity index is 1200. The van der Waals surface area contributed by atoms with Gasteiger partial charge in [-0.2, -0.15) is 0 Å². The molecule has 166 valence electrons. The van der Waals surface area contributed by atoms with Crippen molar-refractivity contribution in [1.29, 1.82) is 0 Å². The van der Waals surface area contributed by atoms with E-state index in [1.54, 1.807) is 42.5 Å². The Kier molecular flexibility index (Phi) is 4.66. The highest BCUT2D eigenvalue weighted by atomic mass is 79.9. The quantitative estimate of drug-likeness (QED) is 0.265. The van der Waals surface area contributed by atoms with Crippen molar-refractivity contribution < 1.29 is 23.9 Å². The fourth-order valence-corrected chi connectivity index (χ4v) is 6.23. The third-order valence-electron chi connectivity index (χ3n) is 7.53. The maximum atomic E-state index is 13.4. The number of esters is 1. The second kappa shape index (κ2) is 7.48. The highest BCUT2D eigenvalue weighted by Gasteiger charge is 2.67. The van der Waals surface area contributed by atoms with Gasteiger partial charge in [0.15, 0.2) is 12.4 Å². The minimum Gasteiger partial charge on any atom is -0.454 e. The van der Waals surface area contributed by atoms with Gasteiger partial charge in [-0.25, -0.2) is 9.69 Å². The molecule has 6 nitrogen and oxygen atoms in total. The number of hydrogen-bond acceptors (Lipinski definition) is 5. The van der Waals surface area contributed by atoms with Gasteiger partial charge in [-0.05, 0) is 54.4 Å². The van der Waals surface area contributed by atoms with Crippen LogP contribution in [0, 0.1) is 35.5 Å². The number of carbonyl (C=O) groups is 4. The summed E-state index contributed by atoms with van der Waals surface area (Å²) in [4.78, 5) is 53.3. The molecule has 0 spiro atoms. The molecule has 1 aliphatic heterocycles. The number of rotatable bonds is 5. The third-order valence-corrected chi connectivity index (χ3v) is 8.06. The van der Waals surface area contributed by atoms with Crippen molar-refractivity contribution in [3.8, 4) is 0 Å². The zero-order valence-electron chi connectivity index (χ0n) is 17.5. The second-order valence-electron chi connectivity index (χ2n) is 9.19. The smallest absolute Gasteiger partial charge is 0.340 e. The van der Waals surface area contributed by atoms with Crippen LogP contribution in [0.4, 0.5) is 5.69 Å². The summed E-state index contributed by atoms with van der Waals surface area (Å²) in [6.45, 7) is -0.431. The van der Waals surface area contributed by atoms with Gasteiger partial charge in [0.1, 0.15) is 0 Å². The molecule has 2 aromatic carbocycles. The molecule has 7 heteroatoms. The number of carbonyl (C=O) groups excluding carboxylic acids is 4. The van der Waals surface area contributed by atoms with Gasteiger partial charge in [0.05, 0.1) is 23.1 Å². The monoisotopic (exact) mass is 505 g/mol. The van der Waals surface area contributed by atoms with Gasteiger partial charge in [-0.15, -0.1) is 0 Å².